The highest BCUT2D eigenvalue weighted by molar-refractivity contribution is 5.57. The van der Waals surface area contributed by atoms with Gasteiger partial charge in [0.05, 0.1) is 18.2 Å². The summed E-state index contributed by atoms with van der Waals surface area (Å²) < 4.78 is 5.88. The van der Waals surface area contributed by atoms with Crippen molar-refractivity contribution in [2.45, 2.75) is 64.2 Å². The molecule has 2 aliphatic rings. The summed E-state index contributed by atoms with van der Waals surface area (Å²) >= 11 is 0. The minimum atomic E-state index is 0.263. The molecule has 110 valence electrons. The van der Waals surface area contributed by atoms with Gasteiger partial charge in [0.25, 0.3) is 0 Å². The smallest absolute Gasteiger partial charge is 0.148 e. The molecule has 6 nitrogen and oxygen atoms in total. The Hall–Kier alpha value is -1.40. The van der Waals surface area contributed by atoms with E-state index in [2.05, 4.69) is 34.6 Å². The number of ether oxygens (including phenoxy) is 1. The van der Waals surface area contributed by atoms with Gasteiger partial charge in [-0.3, -0.25) is 0 Å². The van der Waals surface area contributed by atoms with Crippen LogP contribution in [0.5, 0.6) is 0 Å². The third kappa shape index (κ3) is 2.33. The topological polar surface area (TPSA) is 85.1 Å². The second-order valence-corrected chi connectivity index (χ2v) is 6.06. The Morgan fingerprint density at radius 3 is 2.55 bits per heavy atom. The molecule has 0 aromatic carbocycles. The predicted octanol–water partition coefficient (Wildman–Crippen LogP) is 1.93. The number of anilines is 2. The van der Waals surface area contributed by atoms with Crippen LogP contribution in [0.1, 0.15) is 50.4 Å². The van der Waals surface area contributed by atoms with Crippen molar-refractivity contribution in [3.8, 4) is 0 Å². The fraction of sp³-hybridized carbons (Fsp3) is 0.714. The molecule has 20 heavy (non-hydrogen) atoms. The Bertz CT molecular complexity index is 505. The predicted molar refractivity (Wildman–Crippen MR) is 78.6 cm³/mol. The van der Waals surface area contributed by atoms with Crippen molar-refractivity contribution in [2.24, 2.45) is 5.84 Å². The number of aromatic nitrogens is 2. The number of nitrogens with two attached hydrogens (primary N) is 1. The first-order valence-electron chi connectivity index (χ1n) is 7.35. The first-order valence-corrected chi connectivity index (χ1v) is 7.35. The van der Waals surface area contributed by atoms with Crippen LogP contribution in [0, 0.1) is 6.92 Å². The molecule has 0 radical (unpaired) electrons. The first kappa shape index (κ1) is 13.6. The van der Waals surface area contributed by atoms with E-state index in [0.29, 0.717) is 24.1 Å². The Labute approximate surface area is 119 Å². The molecule has 2 aliphatic heterocycles. The van der Waals surface area contributed by atoms with E-state index in [1.807, 2.05) is 6.92 Å². The van der Waals surface area contributed by atoms with E-state index < -0.39 is 0 Å². The molecule has 3 atom stereocenters. The van der Waals surface area contributed by atoms with Crippen LogP contribution in [-0.2, 0) is 4.74 Å². The number of nitrogen functional groups attached to an aromatic ring is 1. The minimum absolute atomic E-state index is 0.263. The Morgan fingerprint density at radius 2 is 2.00 bits per heavy atom. The molecule has 1 aromatic rings. The molecule has 1 aromatic heterocycles. The molecule has 2 fully saturated rings. The van der Waals surface area contributed by atoms with Gasteiger partial charge in [0, 0.05) is 11.5 Å². The SMILES string of the molecule is Cc1c(NN)nc(C(C)C)nc1NC1CC2CCC1O2. The number of nitrogens with one attached hydrogen (secondary N) is 2. The van der Waals surface area contributed by atoms with Gasteiger partial charge in [0.1, 0.15) is 17.5 Å². The van der Waals surface area contributed by atoms with E-state index in [1.165, 1.54) is 6.42 Å². The molecular weight excluding hydrogens is 254 g/mol. The van der Waals surface area contributed by atoms with Crippen LogP contribution in [0.25, 0.3) is 0 Å². The van der Waals surface area contributed by atoms with Crippen LogP contribution in [0.2, 0.25) is 0 Å². The van der Waals surface area contributed by atoms with Gasteiger partial charge in [-0.05, 0) is 26.2 Å². The Kier molecular flexibility index (Phi) is 3.52. The highest BCUT2D eigenvalue weighted by Gasteiger charge is 2.41. The van der Waals surface area contributed by atoms with Crippen molar-refractivity contribution in [3.05, 3.63) is 11.4 Å². The van der Waals surface area contributed by atoms with Crippen molar-refractivity contribution in [1.29, 1.82) is 0 Å². The van der Waals surface area contributed by atoms with Crippen LogP contribution < -0.4 is 16.6 Å². The number of rotatable bonds is 4. The van der Waals surface area contributed by atoms with Crippen molar-refractivity contribution in [1.82, 2.24) is 9.97 Å². The van der Waals surface area contributed by atoms with Crippen LogP contribution >= 0.6 is 0 Å². The summed E-state index contributed by atoms with van der Waals surface area (Å²) in [6, 6.07) is 0.355. The lowest BCUT2D eigenvalue weighted by molar-refractivity contribution is 0.102. The first-order chi connectivity index (χ1) is 9.58. The van der Waals surface area contributed by atoms with E-state index in [4.69, 9.17) is 10.6 Å². The molecule has 3 heterocycles. The third-order valence-corrected chi connectivity index (χ3v) is 4.24. The molecule has 4 N–H and O–H groups in total. The lowest BCUT2D eigenvalue weighted by Gasteiger charge is -2.23. The number of hydrogen-bond acceptors (Lipinski definition) is 6. The Morgan fingerprint density at radius 1 is 1.25 bits per heavy atom. The summed E-state index contributed by atoms with van der Waals surface area (Å²) in [5, 5.41) is 3.54. The highest BCUT2D eigenvalue weighted by atomic mass is 16.5. The van der Waals surface area contributed by atoms with Gasteiger partial charge in [-0.1, -0.05) is 13.8 Å². The summed E-state index contributed by atoms with van der Waals surface area (Å²) in [5.41, 5.74) is 3.63. The molecule has 3 unspecified atom stereocenters. The number of nitrogens with zero attached hydrogens (tertiary/aromatic N) is 2. The molecule has 3 rings (SSSR count). The summed E-state index contributed by atoms with van der Waals surface area (Å²) in [6.45, 7) is 6.14. The van der Waals surface area contributed by atoms with Gasteiger partial charge >= 0.3 is 0 Å². The third-order valence-electron chi connectivity index (χ3n) is 4.24. The van der Waals surface area contributed by atoms with E-state index in [0.717, 1.165) is 30.0 Å². The molecule has 2 saturated heterocycles. The van der Waals surface area contributed by atoms with E-state index >= 15 is 0 Å². The summed E-state index contributed by atoms with van der Waals surface area (Å²) in [7, 11) is 0. The number of hydrazine groups is 1. The molecule has 0 aliphatic carbocycles. The van der Waals surface area contributed by atoms with Crippen molar-refractivity contribution >= 4 is 11.6 Å². The van der Waals surface area contributed by atoms with Crippen molar-refractivity contribution in [2.75, 3.05) is 10.7 Å². The summed E-state index contributed by atoms with van der Waals surface area (Å²) in [5.74, 6) is 8.19. The fourth-order valence-corrected chi connectivity index (χ4v) is 3.04. The van der Waals surface area contributed by atoms with E-state index in [-0.39, 0.29) is 5.92 Å². The van der Waals surface area contributed by atoms with E-state index in [9.17, 15) is 0 Å². The normalized spacial score (nSPS) is 28.1. The quantitative estimate of drug-likeness (QED) is 0.576. The maximum Gasteiger partial charge on any atom is 0.148 e. The second-order valence-electron chi connectivity index (χ2n) is 6.06. The molecule has 2 bridgehead atoms. The average Bonchev–Trinajstić information content (AvgIpc) is 3.03. The van der Waals surface area contributed by atoms with Crippen LogP contribution in [0.4, 0.5) is 11.6 Å². The second kappa shape index (κ2) is 5.18. The number of hydrogen-bond donors (Lipinski definition) is 3. The van der Waals surface area contributed by atoms with Gasteiger partial charge in [-0.2, -0.15) is 0 Å². The van der Waals surface area contributed by atoms with Crippen molar-refractivity contribution < 1.29 is 4.74 Å². The van der Waals surface area contributed by atoms with Crippen molar-refractivity contribution in [3.63, 3.8) is 0 Å². The van der Waals surface area contributed by atoms with Crippen LogP contribution in [-0.4, -0.2) is 28.2 Å². The molecule has 0 amide bonds. The van der Waals surface area contributed by atoms with Gasteiger partial charge in [-0.25, -0.2) is 15.8 Å². The maximum absolute atomic E-state index is 5.88. The molecular formula is C14H23N5O. The highest BCUT2D eigenvalue weighted by Crippen LogP contribution is 2.36. The Balaban J connectivity index is 1.86. The van der Waals surface area contributed by atoms with Gasteiger partial charge < -0.3 is 15.5 Å². The zero-order valence-electron chi connectivity index (χ0n) is 12.3. The minimum Gasteiger partial charge on any atom is -0.373 e. The number of fused-ring (bicyclic) bond motifs is 2. The summed E-state index contributed by atoms with van der Waals surface area (Å²) in [6.07, 6.45) is 4.16. The molecule has 0 spiro atoms. The zero-order chi connectivity index (χ0) is 14.3. The van der Waals surface area contributed by atoms with Crippen LogP contribution in [0.15, 0.2) is 0 Å². The lowest BCUT2D eigenvalue weighted by atomic mass is 9.95. The van der Waals surface area contributed by atoms with Gasteiger partial charge in [-0.15, -0.1) is 0 Å². The van der Waals surface area contributed by atoms with Gasteiger partial charge in [0.2, 0.25) is 0 Å². The average molecular weight is 277 g/mol. The summed E-state index contributed by atoms with van der Waals surface area (Å²) in [4.78, 5) is 9.11. The monoisotopic (exact) mass is 277 g/mol. The zero-order valence-corrected chi connectivity index (χ0v) is 12.3. The standard InChI is InChI=1S/C14H23N5O/c1-7(2)12-17-13(8(3)14(18-12)19-15)16-10-6-9-4-5-11(10)20-9/h7,9-11H,4-6,15H2,1-3H3,(H2,16,17,18,19). The largest absolute Gasteiger partial charge is 0.373 e. The molecule has 6 heteroatoms. The molecule has 0 saturated carbocycles. The van der Waals surface area contributed by atoms with Crippen LogP contribution in [0.3, 0.4) is 0 Å². The maximum atomic E-state index is 5.88. The lowest BCUT2D eigenvalue weighted by Crippen LogP contribution is -2.31. The van der Waals surface area contributed by atoms with Gasteiger partial charge in [0.15, 0.2) is 0 Å². The fourth-order valence-electron chi connectivity index (χ4n) is 3.04. The van der Waals surface area contributed by atoms with E-state index in [1.54, 1.807) is 0 Å².